The Kier molecular flexibility index (Phi) is 5.21. The standard InChI is InChI=1S/C20H19FN2O4/c1-27-17(24)13-6-8-15(9-7-13)23-19(26)20(10-11-20)18(25)22-12-14-4-2-3-5-16(14)21/h2-9H,10-12H2,1H3,(H,22,25)(H,23,26). The molecule has 0 aromatic heterocycles. The Balaban J connectivity index is 1.61. The van der Waals surface area contributed by atoms with Gasteiger partial charge in [0.2, 0.25) is 11.8 Å². The number of benzene rings is 2. The maximum Gasteiger partial charge on any atom is 0.337 e. The fourth-order valence-corrected chi connectivity index (χ4v) is 2.73. The highest BCUT2D eigenvalue weighted by molar-refractivity contribution is 6.13. The number of rotatable bonds is 6. The maximum atomic E-state index is 13.6. The molecule has 0 aliphatic heterocycles. The number of methoxy groups -OCH3 is 1. The van der Waals surface area contributed by atoms with Crippen molar-refractivity contribution in [3.8, 4) is 0 Å². The Bertz CT molecular complexity index is 876. The van der Waals surface area contributed by atoms with Crippen LogP contribution in [-0.2, 0) is 20.9 Å². The number of nitrogens with one attached hydrogen (secondary N) is 2. The van der Waals surface area contributed by atoms with Gasteiger partial charge >= 0.3 is 5.97 Å². The number of ether oxygens (including phenoxy) is 1. The largest absolute Gasteiger partial charge is 0.465 e. The van der Waals surface area contributed by atoms with Crippen LogP contribution in [0.4, 0.5) is 10.1 Å². The van der Waals surface area contributed by atoms with Gasteiger partial charge in [0.25, 0.3) is 0 Å². The number of hydrogen-bond acceptors (Lipinski definition) is 4. The first-order valence-electron chi connectivity index (χ1n) is 8.48. The molecule has 1 aliphatic carbocycles. The molecule has 7 heteroatoms. The number of amides is 2. The Morgan fingerprint density at radius 2 is 1.70 bits per heavy atom. The summed E-state index contributed by atoms with van der Waals surface area (Å²) < 4.78 is 18.3. The summed E-state index contributed by atoms with van der Waals surface area (Å²) >= 11 is 0. The van der Waals surface area contributed by atoms with Crippen LogP contribution in [0.25, 0.3) is 0 Å². The minimum Gasteiger partial charge on any atom is -0.465 e. The van der Waals surface area contributed by atoms with Crippen LogP contribution in [0, 0.1) is 11.2 Å². The lowest BCUT2D eigenvalue weighted by molar-refractivity contribution is -0.134. The van der Waals surface area contributed by atoms with E-state index < -0.39 is 29.0 Å². The van der Waals surface area contributed by atoms with Crippen molar-refractivity contribution in [2.45, 2.75) is 19.4 Å². The van der Waals surface area contributed by atoms with Crippen molar-refractivity contribution in [2.24, 2.45) is 5.41 Å². The van der Waals surface area contributed by atoms with Crippen LogP contribution in [0.5, 0.6) is 0 Å². The summed E-state index contributed by atoms with van der Waals surface area (Å²) in [4.78, 5) is 36.5. The lowest BCUT2D eigenvalue weighted by Gasteiger charge is -2.16. The number of carbonyl (C=O) groups is 3. The molecule has 0 heterocycles. The summed E-state index contributed by atoms with van der Waals surface area (Å²) in [5.74, 6) is -1.72. The molecule has 0 bridgehead atoms. The molecule has 2 aromatic rings. The smallest absolute Gasteiger partial charge is 0.337 e. The van der Waals surface area contributed by atoms with Crippen LogP contribution in [0.3, 0.4) is 0 Å². The van der Waals surface area contributed by atoms with E-state index in [1.165, 1.54) is 25.3 Å². The zero-order valence-corrected chi connectivity index (χ0v) is 14.8. The zero-order chi connectivity index (χ0) is 19.4. The van der Waals surface area contributed by atoms with Gasteiger partial charge in [0, 0.05) is 17.8 Å². The van der Waals surface area contributed by atoms with E-state index in [4.69, 9.17) is 0 Å². The highest BCUT2D eigenvalue weighted by Gasteiger charge is 2.56. The molecular weight excluding hydrogens is 351 g/mol. The molecule has 3 rings (SSSR count). The van der Waals surface area contributed by atoms with Gasteiger partial charge in [-0.25, -0.2) is 9.18 Å². The zero-order valence-electron chi connectivity index (χ0n) is 14.8. The van der Waals surface area contributed by atoms with Crippen LogP contribution in [0.2, 0.25) is 0 Å². The average Bonchev–Trinajstić information content (AvgIpc) is 3.49. The van der Waals surface area contributed by atoms with Gasteiger partial charge in [-0.2, -0.15) is 0 Å². The second-order valence-corrected chi connectivity index (χ2v) is 6.38. The first-order chi connectivity index (χ1) is 13.0. The first-order valence-corrected chi connectivity index (χ1v) is 8.48. The molecule has 2 N–H and O–H groups in total. The number of carbonyl (C=O) groups excluding carboxylic acids is 3. The van der Waals surface area contributed by atoms with E-state index in [2.05, 4.69) is 15.4 Å². The van der Waals surface area contributed by atoms with Crippen molar-refractivity contribution in [3.63, 3.8) is 0 Å². The predicted molar refractivity (Wildman–Crippen MR) is 96.3 cm³/mol. The van der Waals surface area contributed by atoms with Gasteiger partial charge in [0.05, 0.1) is 12.7 Å². The van der Waals surface area contributed by atoms with E-state index in [0.29, 0.717) is 29.7 Å². The summed E-state index contributed by atoms with van der Waals surface area (Å²) in [5, 5.41) is 5.33. The van der Waals surface area contributed by atoms with E-state index in [-0.39, 0.29) is 6.54 Å². The second kappa shape index (κ2) is 7.57. The van der Waals surface area contributed by atoms with Gasteiger partial charge in [-0.15, -0.1) is 0 Å². The highest BCUT2D eigenvalue weighted by Crippen LogP contribution is 2.46. The van der Waals surface area contributed by atoms with E-state index in [1.54, 1.807) is 30.3 Å². The van der Waals surface area contributed by atoms with Crippen molar-refractivity contribution in [2.75, 3.05) is 12.4 Å². The van der Waals surface area contributed by atoms with Crippen molar-refractivity contribution in [1.29, 1.82) is 0 Å². The summed E-state index contributed by atoms with van der Waals surface area (Å²) in [5.41, 5.74) is 0.0623. The van der Waals surface area contributed by atoms with E-state index >= 15 is 0 Å². The summed E-state index contributed by atoms with van der Waals surface area (Å²) in [7, 11) is 1.29. The molecule has 0 saturated heterocycles. The van der Waals surface area contributed by atoms with Crippen molar-refractivity contribution < 1.29 is 23.5 Å². The minimum atomic E-state index is -1.13. The molecule has 27 heavy (non-hydrogen) atoms. The molecule has 0 atom stereocenters. The van der Waals surface area contributed by atoms with E-state index in [0.717, 1.165) is 0 Å². The SMILES string of the molecule is COC(=O)c1ccc(NC(=O)C2(C(=O)NCc3ccccc3F)CC2)cc1. The predicted octanol–water partition coefficient (Wildman–Crippen LogP) is 2.65. The van der Waals surface area contributed by atoms with Gasteiger partial charge in [0.15, 0.2) is 0 Å². The Hall–Kier alpha value is -3.22. The second-order valence-electron chi connectivity index (χ2n) is 6.38. The quantitative estimate of drug-likeness (QED) is 0.605. The summed E-state index contributed by atoms with van der Waals surface area (Å²) in [6.45, 7) is 0.0222. The molecule has 0 unspecified atom stereocenters. The number of halogens is 1. The Labute approximate surface area is 155 Å². The molecule has 1 fully saturated rings. The van der Waals surface area contributed by atoms with Crippen LogP contribution < -0.4 is 10.6 Å². The van der Waals surface area contributed by atoms with Gasteiger partial charge in [-0.05, 0) is 43.2 Å². The van der Waals surface area contributed by atoms with Crippen molar-refractivity contribution in [3.05, 3.63) is 65.5 Å². The molecule has 1 saturated carbocycles. The highest BCUT2D eigenvalue weighted by atomic mass is 19.1. The van der Waals surface area contributed by atoms with E-state index in [9.17, 15) is 18.8 Å². The lowest BCUT2D eigenvalue weighted by Crippen LogP contribution is -2.39. The number of anilines is 1. The van der Waals surface area contributed by atoms with Crippen LogP contribution in [0.1, 0.15) is 28.8 Å². The first kappa shape index (κ1) is 18.6. The summed E-state index contributed by atoms with van der Waals surface area (Å²) in [6.07, 6.45) is 0.865. The number of hydrogen-bond donors (Lipinski definition) is 2. The minimum absolute atomic E-state index is 0.0222. The van der Waals surface area contributed by atoms with Crippen LogP contribution in [-0.4, -0.2) is 24.9 Å². The normalized spacial score (nSPS) is 14.1. The maximum absolute atomic E-state index is 13.6. The van der Waals surface area contributed by atoms with Crippen molar-refractivity contribution >= 4 is 23.5 Å². The van der Waals surface area contributed by atoms with Gasteiger partial charge in [0.1, 0.15) is 11.2 Å². The van der Waals surface area contributed by atoms with Gasteiger partial charge in [-0.3, -0.25) is 9.59 Å². The lowest BCUT2D eigenvalue weighted by atomic mass is 10.0. The fraction of sp³-hybridized carbons (Fsp3) is 0.250. The van der Waals surface area contributed by atoms with Crippen molar-refractivity contribution in [1.82, 2.24) is 5.32 Å². The Morgan fingerprint density at radius 1 is 1.04 bits per heavy atom. The molecule has 6 nitrogen and oxygen atoms in total. The van der Waals surface area contributed by atoms with Gasteiger partial charge in [-0.1, -0.05) is 18.2 Å². The molecular formula is C20H19FN2O4. The third-order valence-corrected chi connectivity index (χ3v) is 4.58. The molecule has 1 aliphatic rings. The molecule has 0 radical (unpaired) electrons. The molecule has 2 aromatic carbocycles. The fourth-order valence-electron chi connectivity index (χ4n) is 2.73. The molecule has 2 amide bonds. The molecule has 140 valence electrons. The number of esters is 1. The van der Waals surface area contributed by atoms with E-state index in [1.807, 2.05) is 0 Å². The Morgan fingerprint density at radius 3 is 2.30 bits per heavy atom. The third-order valence-electron chi connectivity index (χ3n) is 4.58. The summed E-state index contributed by atoms with van der Waals surface area (Å²) in [6, 6.07) is 12.3. The van der Waals surface area contributed by atoms with Gasteiger partial charge < -0.3 is 15.4 Å². The molecule has 0 spiro atoms. The van der Waals surface area contributed by atoms with Crippen LogP contribution in [0.15, 0.2) is 48.5 Å². The third kappa shape index (κ3) is 3.97. The topological polar surface area (TPSA) is 84.5 Å². The monoisotopic (exact) mass is 370 g/mol. The van der Waals surface area contributed by atoms with Crippen LogP contribution >= 0.6 is 0 Å². The average molecular weight is 370 g/mol.